The highest BCUT2D eigenvalue weighted by Crippen LogP contribution is 2.31. The average Bonchev–Trinajstić information content (AvgIpc) is 2.63. The van der Waals surface area contributed by atoms with Crippen LogP contribution in [-0.2, 0) is 11.3 Å². The van der Waals surface area contributed by atoms with Gasteiger partial charge >= 0.3 is 0 Å². The predicted octanol–water partition coefficient (Wildman–Crippen LogP) is 3.82. The van der Waals surface area contributed by atoms with Crippen LogP contribution in [-0.4, -0.2) is 23.9 Å². The van der Waals surface area contributed by atoms with Gasteiger partial charge in [0.25, 0.3) is 0 Å². The predicted molar refractivity (Wildman–Crippen MR) is 94.1 cm³/mol. The summed E-state index contributed by atoms with van der Waals surface area (Å²) in [6, 6.07) is 8.65. The van der Waals surface area contributed by atoms with Crippen molar-refractivity contribution < 1.29 is 4.79 Å². The lowest BCUT2D eigenvalue weighted by Crippen LogP contribution is -2.38. The largest absolute Gasteiger partial charge is 0.343 e. The molecule has 1 amide bonds. The molecule has 0 atom stereocenters. The molecule has 2 N–H and O–H groups in total. The summed E-state index contributed by atoms with van der Waals surface area (Å²) in [6.45, 7) is 2.44. The van der Waals surface area contributed by atoms with Crippen LogP contribution in [0.15, 0.2) is 24.3 Å². The van der Waals surface area contributed by atoms with Crippen molar-refractivity contribution in [3.05, 3.63) is 35.4 Å². The monoisotopic (exact) mass is 314 g/mol. The van der Waals surface area contributed by atoms with Crippen LogP contribution < -0.4 is 5.73 Å². The molecular formula is C20H30N2O. The molecule has 3 rings (SSSR count). The van der Waals surface area contributed by atoms with Crippen LogP contribution in [0.2, 0.25) is 0 Å². The Bertz CT molecular complexity index is 514. The van der Waals surface area contributed by atoms with E-state index in [1.165, 1.54) is 43.2 Å². The number of nitrogens with zero attached hydrogens (tertiary/aromatic N) is 1. The molecule has 1 saturated heterocycles. The first-order valence-electron chi connectivity index (χ1n) is 9.33. The van der Waals surface area contributed by atoms with Crippen molar-refractivity contribution in [1.29, 1.82) is 0 Å². The Labute approximate surface area is 140 Å². The van der Waals surface area contributed by atoms with Crippen LogP contribution in [0.1, 0.15) is 68.4 Å². The number of carbonyl (C=O) groups is 1. The Balaban J connectivity index is 1.50. The Morgan fingerprint density at radius 1 is 1.09 bits per heavy atom. The van der Waals surface area contributed by atoms with E-state index >= 15 is 0 Å². The Hall–Kier alpha value is -1.35. The number of hydrogen-bond donors (Lipinski definition) is 1. The normalized spacial score (nSPS) is 20.7. The van der Waals surface area contributed by atoms with Crippen molar-refractivity contribution in [3.63, 3.8) is 0 Å². The summed E-state index contributed by atoms with van der Waals surface area (Å²) >= 11 is 0. The molecule has 126 valence electrons. The van der Waals surface area contributed by atoms with Gasteiger partial charge in [-0.25, -0.2) is 0 Å². The van der Waals surface area contributed by atoms with E-state index in [2.05, 4.69) is 29.2 Å². The molecule has 2 aliphatic rings. The average molecular weight is 314 g/mol. The van der Waals surface area contributed by atoms with Gasteiger partial charge in [0.1, 0.15) is 0 Å². The second kappa shape index (κ2) is 7.96. The maximum Gasteiger partial charge on any atom is 0.222 e. The van der Waals surface area contributed by atoms with Gasteiger partial charge in [-0.15, -0.1) is 0 Å². The fourth-order valence-corrected chi connectivity index (χ4v) is 4.20. The summed E-state index contributed by atoms with van der Waals surface area (Å²) < 4.78 is 0. The Morgan fingerprint density at radius 3 is 2.52 bits per heavy atom. The van der Waals surface area contributed by atoms with Crippen molar-refractivity contribution in [3.8, 4) is 0 Å². The maximum atomic E-state index is 12.5. The van der Waals surface area contributed by atoms with E-state index in [0.29, 0.717) is 24.3 Å². The third-order valence-electron chi connectivity index (χ3n) is 5.69. The number of rotatable bonds is 4. The van der Waals surface area contributed by atoms with Gasteiger partial charge in [-0.05, 0) is 48.6 Å². The van der Waals surface area contributed by atoms with Crippen molar-refractivity contribution in [2.45, 2.75) is 63.8 Å². The second-order valence-corrected chi connectivity index (χ2v) is 7.31. The summed E-state index contributed by atoms with van der Waals surface area (Å²) in [4.78, 5) is 14.6. The summed E-state index contributed by atoms with van der Waals surface area (Å²) in [6.07, 6.45) is 9.47. The molecule has 3 heteroatoms. The topological polar surface area (TPSA) is 46.3 Å². The van der Waals surface area contributed by atoms with Gasteiger partial charge in [-0.2, -0.15) is 0 Å². The van der Waals surface area contributed by atoms with E-state index < -0.39 is 0 Å². The minimum Gasteiger partial charge on any atom is -0.343 e. The van der Waals surface area contributed by atoms with Gasteiger partial charge in [0.15, 0.2) is 0 Å². The lowest BCUT2D eigenvalue weighted by molar-refractivity contribution is -0.133. The van der Waals surface area contributed by atoms with Gasteiger partial charge in [0, 0.05) is 26.1 Å². The van der Waals surface area contributed by atoms with Crippen LogP contribution >= 0.6 is 0 Å². The van der Waals surface area contributed by atoms with Crippen LogP contribution in [0.25, 0.3) is 0 Å². The molecule has 2 fully saturated rings. The highest BCUT2D eigenvalue weighted by atomic mass is 16.2. The Kier molecular flexibility index (Phi) is 5.71. The van der Waals surface area contributed by atoms with E-state index in [-0.39, 0.29) is 0 Å². The first kappa shape index (κ1) is 16.5. The minimum atomic E-state index is 0.394. The molecule has 1 aliphatic carbocycles. The lowest BCUT2D eigenvalue weighted by Gasteiger charge is -2.33. The smallest absolute Gasteiger partial charge is 0.222 e. The van der Waals surface area contributed by atoms with Crippen LogP contribution in [0.5, 0.6) is 0 Å². The number of likely N-dealkylation sites (tertiary alicyclic amines) is 1. The Morgan fingerprint density at radius 2 is 1.83 bits per heavy atom. The fraction of sp³-hybridized carbons (Fsp3) is 0.650. The molecule has 0 bridgehead atoms. The van der Waals surface area contributed by atoms with Crippen LogP contribution in [0.4, 0.5) is 0 Å². The summed E-state index contributed by atoms with van der Waals surface area (Å²) in [5, 5.41) is 0. The van der Waals surface area contributed by atoms with E-state index in [0.717, 1.165) is 32.4 Å². The lowest BCUT2D eigenvalue weighted by atomic mass is 9.85. The molecule has 23 heavy (non-hydrogen) atoms. The summed E-state index contributed by atoms with van der Waals surface area (Å²) in [7, 11) is 0. The quantitative estimate of drug-likeness (QED) is 0.918. The van der Waals surface area contributed by atoms with Crippen molar-refractivity contribution >= 4 is 5.91 Å². The summed E-state index contributed by atoms with van der Waals surface area (Å²) in [5.74, 6) is 1.63. The number of amides is 1. The van der Waals surface area contributed by atoms with Gasteiger partial charge < -0.3 is 10.6 Å². The molecule has 0 unspecified atom stereocenters. The third-order valence-corrected chi connectivity index (χ3v) is 5.69. The second-order valence-electron chi connectivity index (χ2n) is 7.31. The zero-order valence-electron chi connectivity index (χ0n) is 14.2. The van der Waals surface area contributed by atoms with E-state index in [4.69, 9.17) is 5.73 Å². The van der Waals surface area contributed by atoms with E-state index in [1.54, 1.807) is 0 Å². The molecule has 1 aromatic rings. The minimum absolute atomic E-state index is 0.394. The van der Waals surface area contributed by atoms with Gasteiger partial charge in [-0.1, -0.05) is 43.5 Å². The first-order valence-corrected chi connectivity index (χ1v) is 9.33. The van der Waals surface area contributed by atoms with Crippen LogP contribution in [0.3, 0.4) is 0 Å². The molecule has 1 saturated carbocycles. The fourth-order valence-electron chi connectivity index (χ4n) is 4.20. The number of hydrogen-bond acceptors (Lipinski definition) is 2. The van der Waals surface area contributed by atoms with Gasteiger partial charge in [-0.3, -0.25) is 4.79 Å². The van der Waals surface area contributed by atoms with E-state index in [9.17, 15) is 4.79 Å². The molecule has 0 radical (unpaired) electrons. The van der Waals surface area contributed by atoms with Gasteiger partial charge in [0.2, 0.25) is 5.91 Å². The van der Waals surface area contributed by atoms with Crippen molar-refractivity contribution in [2.24, 2.45) is 11.7 Å². The number of benzene rings is 1. The zero-order chi connectivity index (χ0) is 16.1. The highest BCUT2D eigenvalue weighted by molar-refractivity contribution is 5.76. The molecule has 3 nitrogen and oxygen atoms in total. The molecule has 1 aliphatic heterocycles. The standard InChI is InChI=1S/C20H30N2O/c21-15-17-7-4-8-19(13-17)18-9-11-22(12-10-18)20(23)14-16-5-2-1-3-6-16/h4,7-8,13,16,18H,1-3,5-6,9-12,14-15,21H2. The molecule has 1 aromatic carbocycles. The number of piperidine rings is 1. The van der Waals surface area contributed by atoms with Crippen LogP contribution in [0, 0.1) is 5.92 Å². The number of nitrogens with two attached hydrogens (primary N) is 1. The molecule has 0 aromatic heterocycles. The molecule has 0 spiro atoms. The molecule has 1 heterocycles. The summed E-state index contributed by atoms with van der Waals surface area (Å²) in [5.41, 5.74) is 8.35. The molecular weight excluding hydrogens is 284 g/mol. The third kappa shape index (κ3) is 4.35. The van der Waals surface area contributed by atoms with E-state index in [1.807, 2.05) is 0 Å². The number of carbonyl (C=O) groups excluding carboxylic acids is 1. The van der Waals surface area contributed by atoms with Crippen molar-refractivity contribution in [1.82, 2.24) is 4.90 Å². The zero-order valence-corrected chi connectivity index (χ0v) is 14.2. The SMILES string of the molecule is NCc1cccc(C2CCN(C(=O)CC3CCCCC3)CC2)c1. The maximum absolute atomic E-state index is 12.5. The van der Waals surface area contributed by atoms with Crippen molar-refractivity contribution in [2.75, 3.05) is 13.1 Å². The highest BCUT2D eigenvalue weighted by Gasteiger charge is 2.26. The van der Waals surface area contributed by atoms with Gasteiger partial charge in [0.05, 0.1) is 0 Å². The first-order chi connectivity index (χ1) is 11.3.